The van der Waals surface area contributed by atoms with E-state index in [1.165, 1.54) is 0 Å². The van der Waals surface area contributed by atoms with Crippen molar-refractivity contribution in [2.75, 3.05) is 13.2 Å². The second kappa shape index (κ2) is 15.2. The van der Waals surface area contributed by atoms with Gasteiger partial charge >= 0.3 is 5.97 Å². The Kier molecular flexibility index (Phi) is 14.7. The molecule has 0 aromatic carbocycles. The van der Waals surface area contributed by atoms with E-state index >= 15 is 0 Å². The van der Waals surface area contributed by atoms with Crippen LogP contribution in [-0.4, -0.2) is 86.3 Å². The molecule has 0 aromatic heterocycles. The zero-order chi connectivity index (χ0) is 20.8. The van der Waals surface area contributed by atoms with Gasteiger partial charge in [-0.1, -0.05) is 32.6 Å². The van der Waals surface area contributed by atoms with Crippen molar-refractivity contribution in [2.24, 2.45) is 5.73 Å². The van der Waals surface area contributed by atoms with Crippen molar-refractivity contribution >= 4 is 5.97 Å². The molecule has 0 saturated carbocycles. The summed E-state index contributed by atoms with van der Waals surface area (Å²) in [6, 6.07) is -0.877. The van der Waals surface area contributed by atoms with Crippen molar-refractivity contribution in [3.05, 3.63) is 0 Å². The van der Waals surface area contributed by atoms with E-state index in [1.807, 2.05) is 0 Å². The van der Waals surface area contributed by atoms with Crippen LogP contribution in [0.3, 0.4) is 0 Å². The van der Waals surface area contributed by atoms with E-state index in [9.17, 15) is 25.2 Å². The summed E-state index contributed by atoms with van der Waals surface area (Å²) in [6.45, 7) is 1.40. The largest absolute Gasteiger partial charge is 0.480 e. The molecule has 0 aliphatic carbocycles. The quantitative estimate of drug-likeness (QED) is 0.143. The molecular weight excluding hydrogens is 356 g/mol. The van der Waals surface area contributed by atoms with E-state index < -0.39 is 43.0 Å². The number of hydrogen-bond acceptors (Lipinski definition) is 8. The molecule has 0 aromatic rings. The third-order valence-electron chi connectivity index (χ3n) is 4.73. The molecule has 0 rings (SSSR count). The second-order valence-corrected chi connectivity index (χ2v) is 7.13. The Labute approximate surface area is 161 Å². The summed E-state index contributed by atoms with van der Waals surface area (Å²) in [5.74, 6) is -1.03. The molecule has 0 saturated heterocycles. The van der Waals surface area contributed by atoms with E-state index in [0.717, 1.165) is 32.1 Å². The van der Waals surface area contributed by atoms with Crippen LogP contribution in [0.4, 0.5) is 0 Å². The lowest BCUT2D eigenvalue weighted by Gasteiger charge is -2.27. The maximum absolute atomic E-state index is 10.8. The Bertz CT molecular complexity index is 387. The molecule has 0 radical (unpaired) electrons. The van der Waals surface area contributed by atoms with Crippen molar-refractivity contribution in [1.82, 2.24) is 5.32 Å². The molecule has 0 bridgehead atoms. The normalized spacial score (nSPS) is 18.5. The van der Waals surface area contributed by atoms with Gasteiger partial charge in [-0.05, 0) is 25.7 Å². The molecule has 0 amide bonds. The summed E-state index contributed by atoms with van der Waals surface area (Å²) in [4.78, 5) is 10.8. The third kappa shape index (κ3) is 11.6. The maximum atomic E-state index is 10.8. The van der Waals surface area contributed by atoms with Gasteiger partial charge in [0.2, 0.25) is 0 Å². The Hall–Kier alpha value is -0.810. The highest BCUT2D eigenvalue weighted by Gasteiger charge is 2.30. The van der Waals surface area contributed by atoms with E-state index in [-0.39, 0.29) is 12.6 Å². The minimum atomic E-state index is -1.65. The fourth-order valence-electron chi connectivity index (χ4n) is 2.84. The highest BCUT2D eigenvalue weighted by Crippen LogP contribution is 2.13. The average molecular weight is 395 g/mol. The molecule has 0 heterocycles. The van der Waals surface area contributed by atoms with E-state index in [1.54, 1.807) is 0 Å². The molecule has 27 heavy (non-hydrogen) atoms. The van der Waals surface area contributed by atoms with Crippen LogP contribution in [0.1, 0.15) is 58.3 Å². The van der Waals surface area contributed by atoms with Gasteiger partial charge in [-0.3, -0.25) is 4.79 Å². The van der Waals surface area contributed by atoms with Crippen molar-refractivity contribution in [3.8, 4) is 0 Å². The Morgan fingerprint density at radius 3 is 2.07 bits per heavy atom. The lowest BCUT2D eigenvalue weighted by Crippen LogP contribution is -2.50. The average Bonchev–Trinajstić information content (AvgIpc) is 2.66. The number of aliphatic hydroxyl groups is 5. The number of aliphatic carboxylic acids is 1. The van der Waals surface area contributed by atoms with E-state index in [4.69, 9.17) is 15.9 Å². The van der Waals surface area contributed by atoms with Gasteiger partial charge in [0.05, 0.1) is 12.7 Å². The molecule has 9 heteroatoms. The fraction of sp³-hybridized carbons (Fsp3) is 0.944. The number of carboxylic acids is 1. The van der Waals surface area contributed by atoms with Gasteiger partial charge in [-0.25, -0.2) is 0 Å². The van der Waals surface area contributed by atoms with Gasteiger partial charge < -0.3 is 41.7 Å². The van der Waals surface area contributed by atoms with E-state index in [2.05, 4.69) is 12.2 Å². The monoisotopic (exact) mass is 394 g/mol. The van der Waals surface area contributed by atoms with Crippen LogP contribution in [0.25, 0.3) is 0 Å². The first kappa shape index (κ1) is 26.2. The van der Waals surface area contributed by atoms with Crippen molar-refractivity contribution in [2.45, 2.75) is 94.8 Å². The summed E-state index contributed by atoms with van der Waals surface area (Å²) in [6.07, 6.45) is 0.701. The Morgan fingerprint density at radius 1 is 0.926 bits per heavy atom. The van der Waals surface area contributed by atoms with Gasteiger partial charge in [0.1, 0.15) is 24.4 Å². The van der Waals surface area contributed by atoms with E-state index in [0.29, 0.717) is 19.3 Å². The molecule has 6 atom stereocenters. The zero-order valence-electron chi connectivity index (χ0n) is 16.2. The van der Waals surface area contributed by atoms with Gasteiger partial charge in [0.15, 0.2) is 0 Å². The van der Waals surface area contributed by atoms with Gasteiger partial charge in [-0.15, -0.1) is 0 Å². The topological polar surface area (TPSA) is 176 Å². The number of nitrogens with one attached hydrogen (secondary N) is 1. The van der Waals surface area contributed by atoms with Crippen LogP contribution < -0.4 is 11.1 Å². The lowest BCUT2D eigenvalue weighted by molar-refractivity contribution is -0.138. The number of carboxylic acid groups (broad SMARTS) is 1. The number of carbonyl (C=O) groups is 1. The van der Waals surface area contributed by atoms with Crippen LogP contribution in [0.5, 0.6) is 0 Å². The predicted octanol–water partition coefficient (Wildman–Crippen LogP) is -1.07. The van der Waals surface area contributed by atoms with Crippen LogP contribution in [0.15, 0.2) is 0 Å². The smallest absolute Gasteiger partial charge is 0.320 e. The summed E-state index contributed by atoms with van der Waals surface area (Å²) in [5, 5.41) is 59.7. The molecule has 1 unspecified atom stereocenters. The lowest BCUT2D eigenvalue weighted by atomic mass is 9.99. The van der Waals surface area contributed by atoms with Crippen molar-refractivity contribution < 1.29 is 35.4 Å². The minimum Gasteiger partial charge on any atom is -0.480 e. The van der Waals surface area contributed by atoms with Crippen molar-refractivity contribution in [3.63, 3.8) is 0 Å². The second-order valence-electron chi connectivity index (χ2n) is 7.13. The molecule has 0 aliphatic heterocycles. The van der Waals surface area contributed by atoms with Crippen LogP contribution in [0.2, 0.25) is 0 Å². The first-order valence-corrected chi connectivity index (χ1v) is 9.79. The molecule has 9 N–H and O–H groups in total. The first-order chi connectivity index (χ1) is 12.7. The maximum Gasteiger partial charge on any atom is 0.320 e. The zero-order valence-corrected chi connectivity index (χ0v) is 16.2. The molecular formula is C18H38N2O7. The first-order valence-electron chi connectivity index (χ1n) is 9.79. The van der Waals surface area contributed by atoms with Gasteiger partial charge in [0, 0.05) is 12.6 Å². The molecule has 9 nitrogen and oxygen atoms in total. The number of hydrogen-bond donors (Lipinski definition) is 8. The standard InChI is InChI=1S/C18H38N2O7/c1-2-3-4-5-7-12(8-6-9-13(19)18(26)27)20-10-14(22)16(24)17(25)15(23)11-21/h12-17,20-25H,2-11,19H2,1H3,(H,26,27)/t12?,13-,14-,15+,16+,17+/m0/s1. The Morgan fingerprint density at radius 2 is 1.52 bits per heavy atom. The summed E-state index contributed by atoms with van der Waals surface area (Å²) < 4.78 is 0. The Balaban J connectivity index is 4.47. The summed E-state index contributed by atoms with van der Waals surface area (Å²) >= 11 is 0. The molecule has 0 spiro atoms. The number of nitrogens with two attached hydrogens (primary N) is 1. The summed E-state index contributed by atoms with van der Waals surface area (Å²) in [5.41, 5.74) is 5.51. The number of rotatable bonds is 17. The number of aliphatic hydroxyl groups excluding tert-OH is 5. The number of unbranched alkanes of at least 4 members (excludes halogenated alkanes) is 3. The predicted molar refractivity (Wildman–Crippen MR) is 101 cm³/mol. The molecule has 0 fully saturated rings. The minimum absolute atomic E-state index is 0.000195. The molecule has 0 aliphatic rings. The van der Waals surface area contributed by atoms with Crippen LogP contribution in [-0.2, 0) is 4.79 Å². The highest BCUT2D eigenvalue weighted by molar-refractivity contribution is 5.72. The van der Waals surface area contributed by atoms with Crippen molar-refractivity contribution in [1.29, 1.82) is 0 Å². The molecule has 162 valence electrons. The highest BCUT2D eigenvalue weighted by atomic mass is 16.4. The van der Waals surface area contributed by atoms with Crippen LogP contribution >= 0.6 is 0 Å². The SMILES string of the molecule is CCCCCCC(CCC[C@H](N)C(=O)O)NC[C@H](O)[C@@H](O)[C@H](O)[C@H](O)CO. The fourth-order valence-corrected chi connectivity index (χ4v) is 2.84. The third-order valence-corrected chi connectivity index (χ3v) is 4.73. The van der Waals surface area contributed by atoms with Crippen LogP contribution in [0, 0.1) is 0 Å². The van der Waals surface area contributed by atoms with Gasteiger partial charge in [0.25, 0.3) is 0 Å². The summed E-state index contributed by atoms with van der Waals surface area (Å²) in [7, 11) is 0. The van der Waals surface area contributed by atoms with Gasteiger partial charge in [-0.2, -0.15) is 0 Å².